The fourth-order valence-corrected chi connectivity index (χ4v) is 3.25. The number of hydrogen-bond acceptors (Lipinski definition) is 7. The Morgan fingerprint density at radius 2 is 1.62 bits per heavy atom. The number of carbonyl (C=O) groups excluding carboxylic acids is 3. The van der Waals surface area contributed by atoms with Crippen molar-refractivity contribution in [2.24, 2.45) is 17.4 Å². The lowest BCUT2D eigenvalue weighted by atomic mass is 10.0. The molecule has 190 valence electrons. The zero-order valence-corrected chi connectivity index (χ0v) is 19.8. The van der Waals surface area contributed by atoms with Crippen LogP contribution < -0.4 is 27.4 Å². The molecular formula is C23H37N5O6. The summed E-state index contributed by atoms with van der Waals surface area (Å²) in [4.78, 5) is 48.7. The summed E-state index contributed by atoms with van der Waals surface area (Å²) in [5.41, 5.74) is 12.1. The van der Waals surface area contributed by atoms with Crippen molar-refractivity contribution >= 4 is 23.7 Å². The van der Waals surface area contributed by atoms with Crippen molar-refractivity contribution in [3.63, 3.8) is 0 Å². The van der Waals surface area contributed by atoms with Crippen LogP contribution in [0.2, 0.25) is 0 Å². The molecule has 0 radical (unpaired) electrons. The second-order valence-corrected chi connectivity index (χ2v) is 8.63. The van der Waals surface area contributed by atoms with E-state index >= 15 is 0 Å². The molecule has 0 aromatic heterocycles. The molecule has 0 heterocycles. The fourth-order valence-electron chi connectivity index (χ4n) is 3.25. The van der Waals surface area contributed by atoms with Gasteiger partial charge in [-0.3, -0.25) is 14.4 Å². The fraction of sp³-hybridized carbons (Fsp3) is 0.565. The average Bonchev–Trinajstić information content (AvgIpc) is 2.77. The number of hydrogen-bond donors (Lipinski definition) is 7. The van der Waals surface area contributed by atoms with Crippen LogP contribution in [0.5, 0.6) is 5.75 Å². The second-order valence-electron chi connectivity index (χ2n) is 8.63. The molecule has 0 aliphatic rings. The van der Waals surface area contributed by atoms with Crippen LogP contribution >= 0.6 is 0 Å². The number of carboxylic acids is 1. The van der Waals surface area contributed by atoms with E-state index in [0.29, 0.717) is 25.8 Å². The number of carboxylic acid groups (broad SMARTS) is 1. The van der Waals surface area contributed by atoms with Gasteiger partial charge < -0.3 is 37.6 Å². The van der Waals surface area contributed by atoms with Gasteiger partial charge in [0.2, 0.25) is 17.7 Å². The smallest absolute Gasteiger partial charge is 0.326 e. The Balaban J connectivity index is 2.64. The quantitative estimate of drug-likeness (QED) is 0.165. The van der Waals surface area contributed by atoms with Gasteiger partial charge in [-0.15, -0.1) is 0 Å². The Kier molecular flexibility index (Phi) is 12.6. The minimum absolute atomic E-state index is 0.0668. The summed E-state index contributed by atoms with van der Waals surface area (Å²) in [6.07, 6.45) is 1.96. The van der Waals surface area contributed by atoms with Crippen molar-refractivity contribution in [3.8, 4) is 5.75 Å². The molecule has 0 bridgehead atoms. The van der Waals surface area contributed by atoms with E-state index in [2.05, 4.69) is 16.0 Å². The normalized spacial score (nSPS) is 13.6. The lowest BCUT2D eigenvalue weighted by molar-refractivity contribution is -0.142. The average molecular weight is 480 g/mol. The molecule has 3 amide bonds. The third kappa shape index (κ3) is 11.1. The molecule has 0 saturated carbocycles. The number of amides is 3. The van der Waals surface area contributed by atoms with Crippen molar-refractivity contribution in [3.05, 3.63) is 29.8 Å². The Morgan fingerprint density at radius 3 is 2.18 bits per heavy atom. The SMILES string of the molecule is CC(C)CC(NC(=O)C(N)Cc1ccc(O)cc1)C(=O)NCC(=O)NC(CCCCN)C(=O)O. The first-order valence-electron chi connectivity index (χ1n) is 11.4. The molecule has 9 N–H and O–H groups in total. The van der Waals surface area contributed by atoms with Gasteiger partial charge in [0.25, 0.3) is 0 Å². The van der Waals surface area contributed by atoms with E-state index in [1.807, 2.05) is 13.8 Å². The molecular weight excluding hydrogens is 442 g/mol. The maximum absolute atomic E-state index is 12.7. The molecule has 11 heteroatoms. The van der Waals surface area contributed by atoms with Crippen LogP contribution in [0.25, 0.3) is 0 Å². The summed E-state index contributed by atoms with van der Waals surface area (Å²) in [6.45, 7) is 3.77. The lowest BCUT2D eigenvalue weighted by Gasteiger charge is -2.22. The predicted octanol–water partition coefficient (Wildman–Crippen LogP) is -0.392. The van der Waals surface area contributed by atoms with Gasteiger partial charge in [-0.1, -0.05) is 26.0 Å². The van der Waals surface area contributed by atoms with Gasteiger partial charge in [-0.2, -0.15) is 0 Å². The number of carbonyl (C=O) groups is 4. The van der Waals surface area contributed by atoms with E-state index in [0.717, 1.165) is 5.56 Å². The summed E-state index contributed by atoms with van der Waals surface area (Å²) in [5, 5.41) is 26.1. The summed E-state index contributed by atoms with van der Waals surface area (Å²) in [5.74, 6) is -2.73. The third-order valence-corrected chi connectivity index (χ3v) is 5.07. The van der Waals surface area contributed by atoms with Crippen LogP contribution in [0.3, 0.4) is 0 Å². The van der Waals surface area contributed by atoms with Crippen LogP contribution in [0, 0.1) is 5.92 Å². The molecule has 1 aromatic rings. The maximum atomic E-state index is 12.7. The number of aromatic hydroxyl groups is 1. The summed E-state index contributed by atoms with van der Waals surface area (Å²) in [6, 6.07) is 3.39. The minimum atomic E-state index is -1.16. The first kappa shape index (κ1) is 28.9. The highest BCUT2D eigenvalue weighted by atomic mass is 16.4. The van der Waals surface area contributed by atoms with Gasteiger partial charge in [0.05, 0.1) is 12.6 Å². The molecule has 0 aliphatic heterocycles. The molecule has 0 fully saturated rings. The summed E-state index contributed by atoms with van der Waals surface area (Å²) >= 11 is 0. The number of nitrogens with two attached hydrogens (primary N) is 2. The predicted molar refractivity (Wildman–Crippen MR) is 127 cm³/mol. The summed E-state index contributed by atoms with van der Waals surface area (Å²) < 4.78 is 0. The van der Waals surface area contributed by atoms with Gasteiger partial charge in [-0.05, 0) is 62.3 Å². The van der Waals surface area contributed by atoms with E-state index in [9.17, 15) is 29.4 Å². The number of aliphatic carboxylic acids is 1. The molecule has 0 aliphatic carbocycles. The van der Waals surface area contributed by atoms with Gasteiger partial charge in [0.1, 0.15) is 17.8 Å². The molecule has 0 saturated heterocycles. The maximum Gasteiger partial charge on any atom is 0.326 e. The molecule has 1 aromatic carbocycles. The number of unbranched alkanes of at least 4 members (excludes halogenated alkanes) is 1. The van der Waals surface area contributed by atoms with Gasteiger partial charge in [0.15, 0.2) is 0 Å². The largest absolute Gasteiger partial charge is 0.508 e. The third-order valence-electron chi connectivity index (χ3n) is 5.07. The Hall–Kier alpha value is -3.18. The molecule has 3 unspecified atom stereocenters. The van der Waals surface area contributed by atoms with E-state index < -0.39 is 48.4 Å². The number of phenols is 1. The van der Waals surface area contributed by atoms with Crippen molar-refractivity contribution in [1.29, 1.82) is 0 Å². The van der Waals surface area contributed by atoms with Crippen LogP contribution in [-0.4, -0.2) is 65.1 Å². The van der Waals surface area contributed by atoms with Gasteiger partial charge in [-0.25, -0.2) is 4.79 Å². The Morgan fingerprint density at radius 1 is 0.971 bits per heavy atom. The van der Waals surface area contributed by atoms with E-state index in [1.54, 1.807) is 12.1 Å². The molecule has 1 rings (SSSR count). The van der Waals surface area contributed by atoms with Crippen molar-refractivity contribution in [2.45, 2.75) is 64.1 Å². The van der Waals surface area contributed by atoms with Gasteiger partial charge >= 0.3 is 5.97 Å². The molecule has 11 nitrogen and oxygen atoms in total. The lowest BCUT2D eigenvalue weighted by Crippen LogP contribution is -2.54. The van der Waals surface area contributed by atoms with Crippen LogP contribution in [0.4, 0.5) is 0 Å². The number of rotatable bonds is 15. The zero-order valence-electron chi connectivity index (χ0n) is 19.8. The molecule has 34 heavy (non-hydrogen) atoms. The first-order chi connectivity index (χ1) is 16.0. The number of nitrogens with one attached hydrogen (secondary N) is 3. The monoisotopic (exact) mass is 479 g/mol. The summed E-state index contributed by atoms with van der Waals surface area (Å²) in [7, 11) is 0. The van der Waals surface area contributed by atoms with Crippen molar-refractivity contribution in [1.82, 2.24) is 16.0 Å². The van der Waals surface area contributed by atoms with Crippen molar-refractivity contribution < 1.29 is 29.4 Å². The highest BCUT2D eigenvalue weighted by Gasteiger charge is 2.26. The van der Waals surface area contributed by atoms with Crippen molar-refractivity contribution in [2.75, 3.05) is 13.1 Å². The van der Waals surface area contributed by atoms with Crippen LogP contribution in [0.1, 0.15) is 45.1 Å². The zero-order chi connectivity index (χ0) is 25.7. The number of benzene rings is 1. The highest BCUT2D eigenvalue weighted by Crippen LogP contribution is 2.11. The number of phenolic OH excluding ortho intramolecular Hbond substituents is 1. The van der Waals surface area contributed by atoms with E-state index in [1.165, 1.54) is 12.1 Å². The molecule has 0 spiro atoms. The van der Waals surface area contributed by atoms with Gasteiger partial charge in [0, 0.05) is 0 Å². The van der Waals surface area contributed by atoms with E-state index in [-0.39, 0.29) is 24.5 Å². The Labute approximate surface area is 199 Å². The standard InChI is InChI=1S/C23H37N5O6/c1-14(2)11-19(28-21(31)17(25)12-15-6-8-16(29)9-7-15)22(32)26-13-20(30)27-18(23(33)34)5-3-4-10-24/h6-9,14,17-19,29H,3-5,10-13,24-25H2,1-2H3,(H,26,32)(H,27,30)(H,28,31)(H,33,34). The Bertz CT molecular complexity index is 815. The first-order valence-corrected chi connectivity index (χ1v) is 11.4. The van der Waals surface area contributed by atoms with Crippen LogP contribution in [0.15, 0.2) is 24.3 Å². The molecule has 3 atom stereocenters. The topological polar surface area (TPSA) is 197 Å². The van der Waals surface area contributed by atoms with E-state index in [4.69, 9.17) is 11.5 Å². The van der Waals surface area contributed by atoms with Crippen LogP contribution in [-0.2, 0) is 25.6 Å². The second kappa shape index (κ2) is 14.9. The minimum Gasteiger partial charge on any atom is -0.508 e. The highest BCUT2D eigenvalue weighted by molar-refractivity contribution is 5.92.